The van der Waals surface area contributed by atoms with Crippen LogP contribution in [-0.2, 0) is 10.3 Å². The van der Waals surface area contributed by atoms with Gasteiger partial charge in [-0.2, -0.15) is 0 Å². The van der Waals surface area contributed by atoms with Crippen LogP contribution in [0, 0.1) is 14.9 Å². The molecule has 2 fully saturated rings. The van der Waals surface area contributed by atoms with E-state index in [0.717, 1.165) is 46.6 Å². The number of carbonyl (C=O) groups is 1. The number of alkyl halides is 1. The van der Waals surface area contributed by atoms with Gasteiger partial charge in [0.25, 0.3) is 0 Å². The Hall–Kier alpha value is -2.09. The van der Waals surface area contributed by atoms with Crippen molar-refractivity contribution in [1.82, 2.24) is 20.2 Å². The zero-order valence-electron chi connectivity index (χ0n) is 18.7. The number of hydrogen-bond donors (Lipinski definition) is 1. The first-order chi connectivity index (χ1) is 15.6. The predicted octanol–water partition coefficient (Wildman–Crippen LogP) is 3.92. The number of benzene rings is 1. The summed E-state index contributed by atoms with van der Waals surface area (Å²) in [5, 5.41) is 12.6. The van der Waals surface area contributed by atoms with E-state index in [1.807, 2.05) is 13.1 Å². The monoisotopic (exact) mass is 547 g/mol. The van der Waals surface area contributed by atoms with Gasteiger partial charge in [0.1, 0.15) is 0 Å². The number of carbonyl (C=O) groups excluding carboxylic acids is 1. The molecule has 0 atom stereocenters. The SMILES string of the molecule is CNC1(c2ccccc2)CCC2(CC1)CI(c1cnc(C#N)nc1)C(=O)N2CCCOC. The molecule has 2 aliphatic rings. The molecule has 4 rings (SSSR count). The van der Waals surface area contributed by atoms with E-state index < -0.39 is 19.8 Å². The van der Waals surface area contributed by atoms with Crippen LogP contribution in [0.2, 0.25) is 0 Å². The Morgan fingerprint density at radius 2 is 1.88 bits per heavy atom. The van der Waals surface area contributed by atoms with Crippen molar-refractivity contribution in [2.75, 3.05) is 31.7 Å². The molecule has 0 radical (unpaired) electrons. The van der Waals surface area contributed by atoms with Gasteiger partial charge in [0.15, 0.2) is 0 Å². The number of rotatable bonds is 7. The van der Waals surface area contributed by atoms with Crippen molar-refractivity contribution < 1.29 is 9.53 Å². The fourth-order valence-corrected chi connectivity index (χ4v) is 11.3. The minimum atomic E-state index is -2.17. The fraction of sp³-hybridized carbons (Fsp3) is 0.500. The molecule has 32 heavy (non-hydrogen) atoms. The second-order valence-corrected chi connectivity index (χ2v) is 13.5. The standard InChI is InChI=1S/C24H30IN5O2/c1-27-24(19-7-4-3-5-8-19)11-9-23(10-12-24)18-25(20-16-28-21(15-26)29-17-20)22(31)30(23)13-6-14-32-2/h3-5,7-8,16-17,27H,6,9-14,18H2,1-2H3. The summed E-state index contributed by atoms with van der Waals surface area (Å²) in [7, 11) is 3.75. The normalized spacial score (nSPS) is 26.5. The molecule has 170 valence electrons. The van der Waals surface area contributed by atoms with Crippen LogP contribution in [0.15, 0.2) is 42.7 Å². The molecule has 0 unspecified atom stereocenters. The summed E-state index contributed by atoms with van der Waals surface area (Å²) in [6, 6.07) is 12.6. The first kappa shape index (κ1) is 23.1. The molecule has 1 spiro atoms. The zero-order chi connectivity index (χ0) is 22.6. The van der Waals surface area contributed by atoms with E-state index in [0.29, 0.717) is 10.5 Å². The summed E-state index contributed by atoms with van der Waals surface area (Å²) in [5.41, 5.74) is 1.18. The zero-order valence-corrected chi connectivity index (χ0v) is 20.8. The molecule has 1 amide bonds. The average Bonchev–Trinajstić information content (AvgIpc) is 3.12. The molecule has 0 bridgehead atoms. The van der Waals surface area contributed by atoms with Crippen LogP contribution in [0.4, 0.5) is 4.79 Å². The van der Waals surface area contributed by atoms with Crippen LogP contribution in [0.25, 0.3) is 0 Å². The van der Waals surface area contributed by atoms with Gasteiger partial charge in [-0.1, -0.05) is 0 Å². The van der Waals surface area contributed by atoms with Gasteiger partial charge in [0.05, 0.1) is 0 Å². The maximum atomic E-state index is 13.6. The third kappa shape index (κ3) is 4.26. The summed E-state index contributed by atoms with van der Waals surface area (Å²) in [4.78, 5) is 24.1. The summed E-state index contributed by atoms with van der Waals surface area (Å²) in [6.07, 6.45) is 8.22. The number of nitriles is 1. The Balaban J connectivity index is 1.60. The van der Waals surface area contributed by atoms with Gasteiger partial charge < -0.3 is 0 Å². The molecule has 1 saturated heterocycles. The molecule has 2 aromatic rings. The number of methoxy groups -OCH3 is 1. The van der Waals surface area contributed by atoms with Gasteiger partial charge in [-0.05, 0) is 0 Å². The molecule has 1 aromatic heterocycles. The molecular formula is C24H30IN5O2. The van der Waals surface area contributed by atoms with E-state index in [1.165, 1.54) is 5.56 Å². The van der Waals surface area contributed by atoms with E-state index in [-0.39, 0.29) is 16.9 Å². The Kier molecular flexibility index (Phi) is 7.08. The van der Waals surface area contributed by atoms with Gasteiger partial charge in [0.2, 0.25) is 0 Å². The number of nitrogens with zero attached hydrogens (tertiary/aromatic N) is 4. The van der Waals surface area contributed by atoms with Crippen molar-refractivity contribution in [3.8, 4) is 6.07 Å². The number of ether oxygens (including phenoxy) is 1. The van der Waals surface area contributed by atoms with Gasteiger partial charge in [-0.3, -0.25) is 0 Å². The predicted molar refractivity (Wildman–Crippen MR) is 131 cm³/mol. The second-order valence-electron chi connectivity index (χ2n) is 8.51. The first-order valence-electron chi connectivity index (χ1n) is 11.0. The summed E-state index contributed by atoms with van der Waals surface area (Å²) in [5.74, 6) is 0.155. The Bertz CT molecular complexity index is 968. The summed E-state index contributed by atoms with van der Waals surface area (Å²) < 4.78 is 7.46. The molecule has 1 saturated carbocycles. The van der Waals surface area contributed by atoms with Crippen LogP contribution in [0.3, 0.4) is 0 Å². The van der Waals surface area contributed by atoms with Crippen LogP contribution < -0.4 is 5.32 Å². The molecule has 7 nitrogen and oxygen atoms in total. The summed E-state index contributed by atoms with van der Waals surface area (Å²) in [6.45, 7) is 1.38. The van der Waals surface area contributed by atoms with Crippen molar-refractivity contribution in [1.29, 1.82) is 5.26 Å². The Morgan fingerprint density at radius 1 is 1.19 bits per heavy atom. The van der Waals surface area contributed by atoms with Crippen molar-refractivity contribution in [3.05, 3.63) is 57.7 Å². The van der Waals surface area contributed by atoms with Gasteiger partial charge in [-0.25, -0.2) is 0 Å². The topological polar surface area (TPSA) is 91.1 Å². The molecular weight excluding hydrogens is 517 g/mol. The van der Waals surface area contributed by atoms with Crippen molar-refractivity contribution in [3.63, 3.8) is 0 Å². The van der Waals surface area contributed by atoms with Crippen LogP contribution in [-0.4, -0.2) is 56.1 Å². The van der Waals surface area contributed by atoms with Crippen LogP contribution in [0.1, 0.15) is 43.5 Å². The number of halogens is 1. The van der Waals surface area contributed by atoms with Gasteiger partial charge in [-0.15, -0.1) is 0 Å². The maximum absolute atomic E-state index is 13.6. The van der Waals surface area contributed by atoms with Crippen molar-refractivity contribution in [2.45, 2.75) is 43.2 Å². The van der Waals surface area contributed by atoms with Crippen molar-refractivity contribution >= 4 is 23.7 Å². The fourth-order valence-electron chi connectivity index (χ4n) is 5.02. The van der Waals surface area contributed by atoms with Crippen LogP contribution in [0.5, 0.6) is 0 Å². The number of hydrogen-bond acceptors (Lipinski definition) is 6. The molecule has 1 aliphatic heterocycles. The Labute approximate surface area is 197 Å². The van der Waals surface area contributed by atoms with E-state index in [2.05, 4.69) is 50.5 Å². The number of amides is 1. The van der Waals surface area contributed by atoms with Crippen molar-refractivity contribution in [2.24, 2.45) is 0 Å². The molecule has 2 heterocycles. The molecule has 1 aliphatic carbocycles. The molecule has 1 N–H and O–H groups in total. The van der Waals surface area contributed by atoms with E-state index >= 15 is 0 Å². The minimum absolute atomic E-state index is 0.0487. The van der Waals surface area contributed by atoms with Gasteiger partial charge in [0, 0.05) is 0 Å². The van der Waals surface area contributed by atoms with E-state index in [9.17, 15) is 4.79 Å². The Morgan fingerprint density at radius 3 is 2.47 bits per heavy atom. The average molecular weight is 547 g/mol. The number of nitrogens with one attached hydrogen (secondary N) is 1. The van der Waals surface area contributed by atoms with Crippen LogP contribution >= 0.6 is 19.8 Å². The third-order valence-corrected chi connectivity index (χ3v) is 12.9. The first-order valence-corrected chi connectivity index (χ1v) is 14.7. The number of aromatic nitrogens is 2. The van der Waals surface area contributed by atoms with Gasteiger partial charge >= 0.3 is 197 Å². The second kappa shape index (κ2) is 9.81. The quantitative estimate of drug-likeness (QED) is 0.186. The molecule has 8 heteroatoms. The summed E-state index contributed by atoms with van der Waals surface area (Å²) >= 11 is -2.17. The van der Waals surface area contributed by atoms with E-state index in [1.54, 1.807) is 19.5 Å². The molecule has 1 aromatic carbocycles. The third-order valence-electron chi connectivity index (χ3n) is 6.92. The van der Waals surface area contributed by atoms with E-state index in [4.69, 9.17) is 10.00 Å².